The number of halogens is 1. The molecule has 0 unspecified atom stereocenters. The monoisotopic (exact) mass is 317 g/mol. The van der Waals surface area contributed by atoms with Crippen molar-refractivity contribution in [3.8, 4) is 5.75 Å². The quantitative estimate of drug-likeness (QED) is 0.844. The highest BCUT2D eigenvalue weighted by Gasteiger charge is 2.06. The lowest BCUT2D eigenvalue weighted by molar-refractivity contribution is 0.0947. The van der Waals surface area contributed by atoms with Gasteiger partial charge in [0, 0.05) is 10.6 Å². The predicted molar refractivity (Wildman–Crippen MR) is 89.9 cm³/mol. The van der Waals surface area contributed by atoms with Crippen LogP contribution >= 0.6 is 11.6 Å². The van der Waals surface area contributed by atoms with Crippen LogP contribution in [0.25, 0.3) is 0 Å². The number of ether oxygens (including phenoxy) is 1. The molecule has 116 valence electrons. The standard InChI is InChI=1S/C18H20ClNO2/c1-12-9-14(3)17(10-13(12)2)22-8-7-20-18(21)15-5-4-6-16(19)11-15/h4-6,9-11H,7-8H2,1-3H3,(H,20,21). The highest BCUT2D eigenvalue weighted by Crippen LogP contribution is 2.22. The molecule has 4 heteroatoms. The number of aryl methyl sites for hydroxylation is 3. The first kappa shape index (κ1) is 16.4. The number of hydrogen-bond donors (Lipinski definition) is 1. The smallest absolute Gasteiger partial charge is 0.251 e. The number of rotatable bonds is 5. The molecule has 1 N–H and O–H groups in total. The molecule has 3 nitrogen and oxygen atoms in total. The van der Waals surface area contributed by atoms with Gasteiger partial charge in [-0.2, -0.15) is 0 Å². The van der Waals surface area contributed by atoms with Crippen LogP contribution in [0.15, 0.2) is 36.4 Å². The van der Waals surface area contributed by atoms with Crippen molar-refractivity contribution in [2.75, 3.05) is 13.2 Å². The highest BCUT2D eigenvalue weighted by molar-refractivity contribution is 6.30. The molecule has 0 atom stereocenters. The molecule has 2 aromatic carbocycles. The van der Waals surface area contributed by atoms with E-state index >= 15 is 0 Å². The maximum atomic E-state index is 11.9. The van der Waals surface area contributed by atoms with Crippen molar-refractivity contribution < 1.29 is 9.53 Å². The molecule has 1 amide bonds. The van der Waals surface area contributed by atoms with Crippen molar-refractivity contribution >= 4 is 17.5 Å². The van der Waals surface area contributed by atoms with Crippen LogP contribution in [0.1, 0.15) is 27.0 Å². The van der Waals surface area contributed by atoms with Gasteiger partial charge in [0.05, 0.1) is 6.54 Å². The van der Waals surface area contributed by atoms with Gasteiger partial charge in [0.1, 0.15) is 12.4 Å². The van der Waals surface area contributed by atoms with Crippen LogP contribution in [0.4, 0.5) is 0 Å². The van der Waals surface area contributed by atoms with Gasteiger partial charge in [-0.3, -0.25) is 4.79 Å². The van der Waals surface area contributed by atoms with Gasteiger partial charge in [-0.05, 0) is 61.7 Å². The molecule has 0 aromatic heterocycles. The lowest BCUT2D eigenvalue weighted by Gasteiger charge is -2.12. The lowest BCUT2D eigenvalue weighted by atomic mass is 10.1. The normalized spacial score (nSPS) is 10.4. The average Bonchev–Trinajstić information content (AvgIpc) is 2.48. The fourth-order valence-electron chi connectivity index (χ4n) is 2.15. The third-order valence-corrected chi connectivity index (χ3v) is 3.76. The van der Waals surface area contributed by atoms with Crippen LogP contribution < -0.4 is 10.1 Å². The van der Waals surface area contributed by atoms with Crippen LogP contribution in [-0.4, -0.2) is 19.1 Å². The third-order valence-electron chi connectivity index (χ3n) is 3.52. The molecule has 0 spiro atoms. The second kappa shape index (κ2) is 7.32. The summed E-state index contributed by atoms with van der Waals surface area (Å²) in [5, 5.41) is 3.37. The molecule has 2 aromatic rings. The van der Waals surface area contributed by atoms with Crippen molar-refractivity contribution in [3.63, 3.8) is 0 Å². The Kier molecular flexibility index (Phi) is 5.45. The second-order valence-electron chi connectivity index (χ2n) is 5.32. The van der Waals surface area contributed by atoms with Gasteiger partial charge in [-0.1, -0.05) is 23.7 Å². The molecule has 22 heavy (non-hydrogen) atoms. The molecule has 0 bridgehead atoms. The maximum absolute atomic E-state index is 11.9. The summed E-state index contributed by atoms with van der Waals surface area (Å²) >= 11 is 5.87. The van der Waals surface area contributed by atoms with E-state index < -0.39 is 0 Å². The van der Waals surface area contributed by atoms with Crippen LogP contribution in [0.3, 0.4) is 0 Å². The molecule has 0 heterocycles. The van der Waals surface area contributed by atoms with Crippen molar-refractivity contribution in [3.05, 3.63) is 63.7 Å². The van der Waals surface area contributed by atoms with E-state index in [-0.39, 0.29) is 5.91 Å². The average molecular weight is 318 g/mol. The zero-order chi connectivity index (χ0) is 16.1. The summed E-state index contributed by atoms with van der Waals surface area (Å²) in [4.78, 5) is 11.9. The minimum absolute atomic E-state index is 0.150. The van der Waals surface area contributed by atoms with Crippen LogP contribution in [0.5, 0.6) is 5.75 Å². The van der Waals surface area contributed by atoms with E-state index in [2.05, 4.69) is 25.2 Å². The Balaban J connectivity index is 1.85. The largest absolute Gasteiger partial charge is 0.491 e. The maximum Gasteiger partial charge on any atom is 0.251 e. The second-order valence-corrected chi connectivity index (χ2v) is 5.75. The van der Waals surface area contributed by atoms with Gasteiger partial charge in [-0.15, -0.1) is 0 Å². The van der Waals surface area contributed by atoms with Gasteiger partial charge < -0.3 is 10.1 Å². The van der Waals surface area contributed by atoms with E-state index in [0.29, 0.717) is 23.7 Å². The Morgan fingerprint density at radius 2 is 1.82 bits per heavy atom. The SMILES string of the molecule is Cc1cc(C)c(OCCNC(=O)c2cccc(Cl)c2)cc1C. The van der Waals surface area contributed by atoms with E-state index in [9.17, 15) is 4.79 Å². The fraction of sp³-hybridized carbons (Fsp3) is 0.278. The van der Waals surface area contributed by atoms with Gasteiger partial charge in [-0.25, -0.2) is 0 Å². The Morgan fingerprint density at radius 3 is 2.55 bits per heavy atom. The zero-order valence-corrected chi connectivity index (χ0v) is 13.8. The summed E-state index contributed by atoms with van der Waals surface area (Å²) in [5.74, 6) is 0.711. The Hall–Kier alpha value is -2.00. The lowest BCUT2D eigenvalue weighted by Crippen LogP contribution is -2.28. The molecule has 0 aliphatic rings. The van der Waals surface area contributed by atoms with Crippen molar-refractivity contribution in [1.29, 1.82) is 0 Å². The number of carbonyl (C=O) groups is 1. The summed E-state index contributed by atoms with van der Waals surface area (Å²) in [7, 11) is 0. The Labute approximate surface area is 136 Å². The number of benzene rings is 2. The molecule has 2 rings (SSSR count). The van der Waals surface area contributed by atoms with E-state index in [0.717, 1.165) is 11.3 Å². The summed E-state index contributed by atoms with van der Waals surface area (Å²) in [6.07, 6.45) is 0. The first-order valence-electron chi connectivity index (χ1n) is 7.22. The third kappa shape index (κ3) is 4.25. The van der Waals surface area contributed by atoms with Gasteiger partial charge in [0.2, 0.25) is 0 Å². The van der Waals surface area contributed by atoms with E-state index in [1.807, 2.05) is 13.0 Å². The van der Waals surface area contributed by atoms with E-state index in [1.165, 1.54) is 11.1 Å². The van der Waals surface area contributed by atoms with Crippen molar-refractivity contribution in [1.82, 2.24) is 5.32 Å². The minimum atomic E-state index is -0.150. The molecular formula is C18H20ClNO2. The van der Waals surface area contributed by atoms with Gasteiger partial charge in [0.15, 0.2) is 0 Å². The minimum Gasteiger partial charge on any atom is -0.491 e. The van der Waals surface area contributed by atoms with Crippen LogP contribution in [-0.2, 0) is 0 Å². The zero-order valence-electron chi connectivity index (χ0n) is 13.1. The first-order valence-corrected chi connectivity index (χ1v) is 7.59. The highest BCUT2D eigenvalue weighted by atomic mass is 35.5. The Morgan fingerprint density at radius 1 is 1.09 bits per heavy atom. The predicted octanol–water partition coefficient (Wildman–Crippen LogP) is 4.07. The van der Waals surface area contributed by atoms with Crippen molar-refractivity contribution in [2.24, 2.45) is 0 Å². The molecule has 0 saturated carbocycles. The van der Waals surface area contributed by atoms with E-state index in [1.54, 1.807) is 24.3 Å². The number of nitrogens with one attached hydrogen (secondary N) is 1. The van der Waals surface area contributed by atoms with Crippen molar-refractivity contribution in [2.45, 2.75) is 20.8 Å². The number of carbonyl (C=O) groups excluding carboxylic acids is 1. The summed E-state index contributed by atoms with van der Waals surface area (Å²) in [5.41, 5.74) is 4.10. The van der Waals surface area contributed by atoms with Gasteiger partial charge in [0.25, 0.3) is 5.91 Å². The number of hydrogen-bond acceptors (Lipinski definition) is 2. The molecular weight excluding hydrogens is 298 g/mol. The molecule has 0 radical (unpaired) electrons. The molecule has 0 aliphatic heterocycles. The van der Waals surface area contributed by atoms with Crippen LogP contribution in [0, 0.1) is 20.8 Å². The number of amides is 1. The molecule has 0 fully saturated rings. The Bertz CT molecular complexity index is 683. The van der Waals surface area contributed by atoms with Gasteiger partial charge >= 0.3 is 0 Å². The van der Waals surface area contributed by atoms with E-state index in [4.69, 9.17) is 16.3 Å². The van der Waals surface area contributed by atoms with Crippen LogP contribution in [0.2, 0.25) is 5.02 Å². The molecule has 0 saturated heterocycles. The summed E-state index contributed by atoms with van der Waals surface area (Å²) < 4.78 is 5.74. The summed E-state index contributed by atoms with van der Waals surface area (Å²) in [6, 6.07) is 11.0. The molecule has 0 aliphatic carbocycles. The summed E-state index contributed by atoms with van der Waals surface area (Å²) in [6.45, 7) is 7.03. The first-order chi connectivity index (χ1) is 10.5. The fourth-order valence-corrected chi connectivity index (χ4v) is 2.34. The topological polar surface area (TPSA) is 38.3 Å².